The minimum Gasteiger partial charge on any atom is -0.462 e. The van der Waals surface area contributed by atoms with Crippen LogP contribution in [0.25, 0.3) is 0 Å². The van der Waals surface area contributed by atoms with E-state index in [1.165, 1.54) is 5.57 Å². The van der Waals surface area contributed by atoms with Crippen molar-refractivity contribution in [3.05, 3.63) is 36.5 Å². The van der Waals surface area contributed by atoms with Gasteiger partial charge in [0.1, 0.15) is 12.2 Å². The summed E-state index contributed by atoms with van der Waals surface area (Å²) in [4.78, 5) is 23.8. The summed E-state index contributed by atoms with van der Waals surface area (Å²) in [6.07, 6.45) is 10.5. The number of aliphatic hydroxyl groups excluding tert-OH is 1. The molecule has 0 radical (unpaired) electrons. The molecule has 0 bridgehead atoms. The molecular weight excluding hydrogens is 356 g/mol. The predicted molar refractivity (Wildman–Crippen MR) is 106 cm³/mol. The summed E-state index contributed by atoms with van der Waals surface area (Å²) in [5.41, 5.74) is 1.25. The van der Waals surface area contributed by atoms with Gasteiger partial charge in [0, 0.05) is 12.3 Å². The summed E-state index contributed by atoms with van der Waals surface area (Å²) in [7, 11) is 0. The Morgan fingerprint density at radius 1 is 1.36 bits per heavy atom. The third-order valence-electron chi connectivity index (χ3n) is 6.25. The number of carbonyl (C=O) groups is 2. The SMILES string of the molecule is C=CCC(=O)O[C@H]1C[C@@H](C)C=C2C=C[C@H](C)[C@H](CC[C@@H]3C[C@@H](O)CC(=O)O3)[C@H]21. The highest BCUT2D eigenvalue weighted by Crippen LogP contribution is 2.45. The van der Waals surface area contributed by atoms with Gasteiger partial charge in [-0.2, -0.15) is 0 Å². The number of hydrogen-bond donors (Lipinski definition) is 1. The van der Waals surface area contributed by atoms with Crippen molar-refractivity contribution in [2.75, 3.05) is 0 Å². The molecule has 0 saturated carbocycles. The maximum atomic E-state index is 12.1. The molecule has 0 aromatic heterocycles. The van der Waals surface area contributed by atoms with E-state index in [0.717, 1.165) is 19.3 Å². The highest BCUT2D eigenvalue weighted by molar-refractivity contribution is 5.71. The Balaban J connectivity index is 1.73. The van der Waals surface area contributed by atoms with Crippen molar-refractivity contribution < 1.29 is 24.2 Å². The van der Waals surface area contributed by atoms with Crippen LogP contribution in [-0.2, 0) is 19.1 Å². The van der Waals surface area contributed by atoms with Gasteiger partial charge in [-0.3, -0.25) is 9.59 Å². The lowest BCUT2D eigenvalue weighted by molar-refractivity contribution is -0.161. The zero-order valence-electron chi connectivity index (χ0n) is 16.9. The molecule has 3 aliphatic rings. The molecule has 28 heavy (non-hydrogen) atoms. The van der Waals surface area contributed by atoms with Crippen molar-refractivity contribution in [1.82, 2.24) is 0 Å². The largest absolute Gasteiger partial charge is 0.462 e. The fraction of sp³-hybridized carbons (Fsp3) is 0.652. The third kappa shape index (κ3) is 4.93. The van der Waals surface area contributed by atoms with Gasteiger partial charge in [-0.15, -0.1) is 6.58 Å². The normalized spacial score (nSPS) is 37.5. The summed E-state index contributed by atoms with van der Waals surface area (Å²) < 4.78 is 11.3. The highest BCUT2D eigenvalue weighted by atomic mass is 16.5. The van der Waals surface area contributed by atoms with Gasteiger partial charge >= 0.3 is 11.9 Å². The Bertz CT molecular complexity index is 664. The molecule has 1 fully saturated rings. The number of fused-ring (bicyclic) bond motifs is 1. The van der Waals surface area contributed by atoms with Crippen LogP contribution in [0.3, 0.4) is 0 Å². The fourth-order valence-electron chi connectivity index (χ4n) is 4.97. The molecule has 5 heteroatoms. The van der Waals surface area contributed by atoms with Gasteiger partial charge in [0.25, 0.3) is 0 Å². The van der Waals surface area contributed by atoms with Crippen LogP contribution in [0, 0.1) is 23.7 Å². The first-order valence-corrected chi connectivity index (χ1v) is 10.4. The molecule has 5 nitrogen and oxygen atoms in total. The molecule has 1 aliphatic heterocycles. The van der Waals surface area contributed by atoms with Gasteiger partial charge in [-0.05, 0) is 42.6 Å². The van der Waals surface area contributed by atoms with E-state index in [9.17, 15) is 14.7 Å². The monoisotopic (exact) mass is 388 g/mol. The average molecular weight is 389 g/mol. The lowest BCUT2D eigenvalue weighted by Gasteiger charge is -2.43. The summed E-state index contributed by atoms with van der Waals surface area (Å²) >= 11 is 0. The van der Waals surface area contributed by atoms with E-state index in [1.807, 2.05) is 0 Å². The number of ether oxygens (including phenoxy) is 2. The number of allylic oxidation sites excluding steroid dienone is 3. The van der Waals surface area contributed by atoms with Gasteiger partial charge in [-0.1, -0.05) is 38.2 Å². The smallest absolute Gasteiger partial charge is 0.309 e. The minimum absolute atomic E-state index is 0.0911. The Hall–Kier alpha value is -1.88. The van der Waals surface area contributed by atoms with E-state index in [2.05, 4.69) is 38.7 Å². The van der Waals surface area contributed by atoms with Crippen LogP contribution in [0.15, 0.2) is 36.5 Å². The number of carbonyl (C=O) groups excluding carboxylic acids is 2. The second-order valence-electron chi connectivity index (χ2n) is 8.59. The third-order valence-corrected chi connectivity index (χ3v) is 6.25. The quantitative estimate of drug-likeness (QED) is 0.554. The molecule has 0 aromatic carbocycles. The maximum Gasteiger partial charge on any atom is 0.309 e. The molecular formula is C23H32O5. The molecule has 0 spiro atoms. The fourth-order valence-corrected chi connectivity index (χ4v) is 4.97. The van der Waals surface area contributed by atoms with Crippen molar-refractivity contribution in [3.63, 3.8) is 0 Å². The molecule has 7 atom stereocenters. The summed E-state index contributed by atoms with van der Waals surface area (Å²) in [6.45, 7) is 7.97. The Morgan fingerprint density at radius 2 is 2.14 bits per heavy atom. The molecule has 0 aromatic rings. The molecule has 0 unspecified atom stereocenters. The number of esters is 2. The van der Waals surface area contributed by atoms with Crippen LogP contribution < -0.4 is 0 Å². The van der Waals surface area contributed by atoms with Gasteiger partial charge in [-0.25, -0.2) is 0 Å². The number of cyclic esters (lactones) is 1. The lowest BCUT2D eigenvalue weighted by atomic mass is 9.65. The van der Waals surface area contributed by atoms with E-state index in [0.29, 0.717) is 24.2 Å². The lowest BCUT2D eigenvalue weighted by Crippen LogP contribution is -2.41. The van der Waals surface area contributed by atoms with E-state index in [1.54, 1.807) is 6.08 Å². The Morgan fingerprint density at radius 3 is 2.86 bits per heavy atom. The highest BCUT2D eigenvalue weighted by Gasteiger charge is 2.41. The second kappa shape index (κ2) is 9.08. The van der Waals surface area contributed by atoms with Crippen molar-refractivity contribution >= 4 is 11.9 Å². The van der Waals surface area contributed by atoms with Crippen LogP contribution in [0.5, 0.6) is 0 Å². The Labute approximate surface area is 167 Å². The predicted octanol–water partition coefficient (Wildman–Crippen LogP) is 3.73. The molecule has 1 saturated heterocycles. The van der Waals surface area contributed by atoms with Crippen molar-refractivity contribution in [2.24, 2.45) is 23.7 Å². The maximum absolute atomic E-state index is 12.1. The first kappa shape index (κ1) is 20.8. The standard InChI is InChI=1S/C23H32O5/c1-4-5-21(25)28-20-11-14(2)10-16-7-6-15(3)19(23(16)20)9-8-18-12-17(24)13-22(26)27-18/h4,6-7,10,14-15,17-20,23-24H,1,5,8-9,11-13H2,2-3H3/t14-,15-,17+,18+,19-,20-,23-/m0/s1. The molecule has 1 N–H and O–H groups in total. The van der Waals surface area contributed by atoms with E-state index >= 15 is 0 Å². The van der Waals surface area contributed by atoms with E-state index < -0.39 is 6.10 Å². The minimum atomic E-state index is -0.603. The molecule has 1 heterocycles. The molecule has 2 aliphatic carbocycles. The Kier molecular flexibility index (Phi) is 6.76. The number of aliphatic hydroxyl groups is 1. The van der Waals surface area contributed by atoms with Crippen LogP contribution >= 0.6 is 0 Å². The zero-order valence-corrected chi connectivity index (χ0v) is 16.9. The molecule has 3 rings (SSSR count). The van der Waals surface area contributed by atoms with E-state index in [4.69, 9.17) is 9.47 Å². The van der Waals surface area contributed by atoms with Crippen LogP contribution in [0.2, 0.25) is 0 Å². The van der Waals surface area contributed by atoms with Crippen LogP contribution in [0.1, 0.15) is 52.4 Å². The van der Waals surface area contributed by atoms with E-state index in [-0.39, 0.29) is 42.9 Å². The average Bonchev–Trinajstić information content (AvgIpc) is 2.60. The van der Waals surface area contributed by atoms with Crippen molar-refractivity contribution in [1.29, 1.82) is 0 Å². The molecule has 154 valence electrons. The van der Waals surface area contributed by atoms with Gasteiger partial charge < -0.3 is 14.6 Å². The zero-order chi connectivity index (χ0) is 20.3. The van der Waals surface area contributed by atoms with Crippen molar-refractivity contribution in [3.8, 4) is 0 Å². The topological polar surface area (TPSA) is 72.8 Å². The van der Waals surface area contributed by atoms with Gasteiger partial charge in [0.2, 0.25) is 0 Å². The molecule has 0 amide bonds. The first-order valence-electron chi connectivity index (χ1n) is 10.4. The van der Waals surface area contributed by atoms with Crippen LogP contribution in [0.4, 0.5) is 0 Å². The first-order chi connectivity index (χ1) is 13.4. The van der Waals surface area contributed by atoms with Crippen molar-refractivity contribution in [2.45, 2.75) is 70.7 Å². The van der Waals surface area contributed by atoms with Gasteiger partial charge in [0.15, 0.2) is 0 Å². The summed E-state index contributed by atoms with van der Waals surface area (Å²) in [5, 5.41) is 9.86. The summed E-state index contributed by atoms with van der Waals surface area (Å²) in [6, 6.07) is 0. The second-order valence-corrected chi connectivity index (χ2v) is 8.59. The summed E-state index contributed by atoms with van der Waals surface area (Å²) in [5.74, 6) is 0.640. The van der Waals surface area contributed by atoms with Gasteiger partial charge in [0.05, 0.1) is 18.9 Å². The number of hydrogen-bond acceptors (Lipinski definition) is 5. The van der Waals surface area contributed by atoms with Crippen LogP contribution in [-0.4, -0.2) is 35.4 Å². The number of rotatable bonds is 6.